The molecule has 2 heterocycles. The molecule has 7 heteroatoms. The summed E-state index contributed by atoms with van der Waals surface area (Å²) in [6, 6.07) is -0.116. The zero-order valence-electron chi connectivity index (χ0n) is 11.0. The highest BCUT2D eigenvalue weighted by molar-refractivity contribution is 7.09. The Labute approximate surface area is 115 Å². The first kappa shape index (κ1) is 13.8. The van der Waals surface area contributed by atoms with Gasteiger partial charge in [-0.15, -0.1) is 11.3 Å². The van der Waals surface area contributed by atoms with Gasteiger partial charge in [0.2, 0.25) is 0 Å². The molecule has 1 fully saturated rings. The molecule has 2 rings (SSSR count). The number of nitrogens with one attached hydrogen (secondary N) is 1. The molecule has 0 atom stereocenters. The molecule has 0 aromatic carbocycles. The number of rotatable bonds is 3. The Balaban J connectivity index is 1.91. The van der Waals surface area contributed by atoms with Crippen LogP contribution in [0, 0.1) is 0 Å². The Kier molecular flexibility index (Phi) is 3.75. The lowest BCUT2D eigenvalue weighted by atomic mass is 10.0. The van der Waals surface area contributed by atoms with E-state index in [1.807, 2.05) is 18.7 Å². The molecule has 0 unspecified atom stereocenters. The van der Waals surface area contributed by atoms with Crippen molar-refractivity contribution in [1.82, 2.24) is 15.2 Å². The molecule has 1 aromatic heterocycles. The van der Waals surface area contributed by atoms with E-state index in [4.69, 9.17) is 5.11 Å². The van der Waals surface area contributed by atoms with E-state index >= 15 is 0 Å². The van der Waals surface area contributed by atoms with Gasteiger partial charge < -0.3 is 15.3 Å². The van der Waals surface area contributed by atoms with Crippen molar-refractivity contribution in [2.24, 2.45) is 0 Å². The molecule has 1 saturated heterocycles. The van der Waals surface area contributed by atoms with Crippen LogP contribution in [0.1, 0.15) is 42.2 Å². The van der Waals surface area contributed by atoms with E-state index in [1.165, 1.54) is 16.7 Å². The second-order valence-electron chi connectivity index (χ2n) is 5.16. The Hall–Kier alpha value is -1.63. The van der Waals surface area contributed by atoms with Crippen molar-refractivity contribution in [3.8, 4) is 0 Å². The Morgan fingerprint density at radius 3 is 2.84 bits per heavy atom. The molecule has 0 spiro atoms. The molecule has 0 saturated carbocycles. The maximum absolute atomic E-state index is 12.1. The van der Waals surface area contributed by atoms with Crippen LogP contribution in [0.4, 0.5) is 4.79 Å². The summed E-state index contributed by atoms with van der Waals surface area (Å²) in [5.74, 6) is -1.05. The van der Waals surface area contributed by atoms with Gasteiger partial charge in [-0.25, -0.2) is 14.6 Å². The van der Waals surface area contributed by atoms with Crippen LogP contribution in [-0.4, -0.2) is 39.1 Å². The van der Waals surface area contributed by atoms with E-state index in [2.05, 4.69) is 10.3 Å². The van der Waals surface area contributed by atoms with Crippen molar-refractivity contribution in [2.75, 3.05) is 6.54 Å². The van der Waals surface area contributed by atoms with E-state index in [1.54, 1.807) is 0 Å². The quantitative estimate of drug-likeness (QED) is 0.888. The third kappa shape index (κ3) is 3.04. The predicted octanol–water partition coefficient (Wildman–Crippen LogP) is 1.93. The summed E-state index contributed by atoms with van der Waals surface area (Å²) < 4.78 is 0. The number of aromatic carboxylic acids is 1. The first-order valence-corrected chi connectivity index (χ1v) is 7.01. The largest absolute Gasteiger partial charge is 0.476 e. The second kappa shape index (κ2) is 5.16. The van der Waals surface area contributed by atoms with E-state index in [0.717, 1.165) is 19.4 Å². The molecule has 0 aliphatic carbocycles. The van der Waals surface area contributed by atoms with Crippen molar-refractivity contribution >= 4 is 23.3 Å². The predicted molar refractivity (Wildman–Crippen MR) is 71.3 cm³/mol. The summed E-state index contributed by atoms with van der Waals surface area (Å²) in [5, 5.41) is 13.6. The molecule has 19 heavy (non-hydrogen) atoms. The lowest BCUT2D eigenvalue weighted by molar-refractivity contribution is 0.0691. The maximum atomic E-state index is 12.1. The van der Waals surface area contributed by atoms with Crippen molar-refractivity contribution in [3.63, 3.8) is 0 Å². The number of carboxylic acids is 1. The highest BCUT2D eigenvalue weighted by atomic mass is 32.1. The van der Waals surface area contributed by atoms with Crippen LogP contribution in [0.5, 0.6) is 0 Å². The van der Waals surface area contributed by atoms with Crippen molar-refractivity contribution in [1.29, 1.82) is 0 Å². The number of carbonyl (C=O) groups is 2. The second-order valence-corrected chi connectivity index (χ2v) is 6.10. The molecule has 2 amide bonds. The molecule has 1 aliphatic heterocycles. The number of aromatic nitrogens is 1. The lowest BCUT2D eigenvalue weighted by Crippen LogP contribution is -2.47. The van der Waals surface area contributed by atoms with Crippen LogP contribution in [-0.2, 0) is 6.54 Å². The van der Waals surface area contributed by atoms with Crippen LogP contribution < -0.4 is 5.32 Å². The molecule has 104 valence electrons. The van der Waals surface area contributed by atoms with Crippen LogP contribution in [0.2, 0.25) is 0 Å². The molecule has 2 N–H and O–H groups in total. The normalized spacial score (nSPS) is 17.5. The van der Waals surface area contributed by atoms with Crippen LogP contribution in [0.25, 0.3) is 0 Å². The summed E-state index contributed by atoms with van der Waals surface area (Å²) in [7, 11) is 0. The summed E-state index contributed by atoms with van der Waals surface area (Å²) in [5.41, 5.74) is -0.0881. The van der Waals surface area contributed by atoms with Crippen LogP contribution in [0.3, 0.4) is 0 Å². The maximum Gasteiger partial charge on any atom is 0.355 e. The minimum absolute atomic E-state index is 0.0238. The van der Waals surface area contributed by atoms with Gasteiger partial charge in [0, 0.05) is 17.5 Å². The fourth-order valence-corrected chi connectivity index (χ4v) is 2.93. The van der Waals surface area contributed by atoms with Crippen LogP contribution >= 0.6 is 11.3 Å². The highest BCUT2D eigenvalue weighted by Crippen LogP contribution is 2.27. The molecule has 0 radical (unpaired) electrons. The van der Waals surface area contributed by atoms with Gasteiger partial charge in [0.25, 0.3) is 0 Å². The van der Waals surface area contributed by atoms with Crippen LogP contribution in [0.15, 0.2) is 5.38 Å². The number of hydrogen-bond acceptors (Lipinski definition) is 4. The monoisotopic (exact) mass is 283 g/mol. The van der Waals surface area contributed by atoms with Gasteiger partial charge in [-0.1, -0.05) is 0 Å². The number of urea groups is 1. The first-order chi connectivity index (χ1) is 8.90. The van der Waals surface area contributed by atoms with E-state index in [0.29, 0.717) is 5.01 Å². The van der Waals surface area contributed by atoms with Gasteiger partial charge in [-0.05, 0) is 26.7 Å². The number of carboxylic acid groups (broad SMARTS) is 1. The summed E-state index contributed by atoms with van der Waals surface area (Å²) in [4.78, 5) is 28.5. The average Bonchev–Trinajstić information content (AvgIpc) is 2.92. The zero-order chi connectivity index (χ0) is 14.0. The SMILES string of the molecule is CC1(C)CCCN1C(=O)NCc1nc(C(=O)O)cs1. The third-order valence-corrected chi connectivity index (χ3v) is 4.16. The molecular weight excluding hydrogens is 266 g/mol. The summed E-state index contributed by atoms with van der Waals surface area (Å²) in [6.45, 7) is 5.12. The van der Waals surface area contributed by atoms with Crippen molar-refractivity contribution in [2.45, 2.75) is 38.8 Å². The zero-order valence-corrected chi connectivity index (χ0v) is 11.8. The minimum Gasteiger partial charge on any atom is -0.476 e. The van der Waals surface area contributed by atoms with E-state index in [9.17, 15) is 9.59 Å². The van der Waals surface area contributed by atoms with Crippen molar-refractivity contribution < 1.29 is 14.7 Å². The summed E-state index contributed by atoms with van der Waals surface area (Å²) in [6.07, 6.45) is 2.02. The third-order valence-electron chi connectivity index (χ3n) is 3.31. The van der Waals surface area contributed by atoms with Gasteiger partial charge in [0.05, 0.1) is 6.54 Å². The number of thiazole rings is 1. The molecule has 1 aromatic rings. The Bertz CT molecular complexity index is 498. The molecule has 6 nitrogen and oxygen atoms in total. The fourth-order valence-electron chi connectivity index (χ4n) is 2.22. The van der Waals surface area contributed by atoms with Gasteiger partial charge in [-0.2, -0.15) is 0 Å². The average molecular weight is 283 g/mol. The van der Waals surface area contributed by atoms with Crippen molar-refractivity contribution in [3.05, 3.63) is 16.1 Å². The number of amides is 2. The number of nitrogens with zero attached hydrogens (tertiary/aromatic N) is 2. The molecule has 0 bridgehead atoms. The summed E-state index contributed by atoms with van der Waals surface area (Å²) >= 11 is 1.24. The van der Waals surface area contributed by atoms with Gasteiger partial charge in [0.15, 0.2) is 5.69 Å². The smallest absolute Gasteiger partial charge is 0.355 e. The molecular formula is C12H17N3O3S. The topological polar surface area (TPSA) is 82.5 Å². The van der Waals surface area contributed by atoms with Gasteiger partial charge in [-0.3, -0.25) is 0 Å². The standard InChI is InChI=1S/C12H17N3O3S/c1-12(2)4-3-5-15(12)11(18)13-6-9-14-8(7-19-9)10(16)17/h7H,3-6H2,1-2H3,(H,13,18)(H,16,17). The Morgan fingerprint density at radius 1 is 1.58 bits per heavy atom. The highest BCUT2D eigenvalue weighted by Gasteiger charge is 2.35. The number of carbonyl (C=O) groups excluding carboxylic acids is 1. The van der Waals surface area contributed by atoms with Gasteiger partial charge in [0.1, 0.15) is 5.01 Å². The lowest BCUT2D eigenvalue weighted by Gasteiger charge is -2.31. The van der Waals surface area contributed by atoms with E-state index < -0.39 is 5.97 Å². The van der Waals surface area contributed by atoms with Gasteiger partial charge >= 0.3 is 12.0 Å². The Morgan fingerprint density at radius 2 is 2.32 bits per heavy atom. The number of likely N-dealkylation sites (tertiary alicyclic amines) is 1. The number of hydrogen-bond donors (Lipinski definition) is 2. The molecule has 1 aliphatic rings. The van der Waals surface area contributed by atoms with E-state index in [-0.39, 0.29) is 23.8 Å². The fraction of sp³-hybridized carbons (Fsp3) is 0.583. The first-order valence-electron chi connectivity index (χ1n) is 6.13. The minimum atomic E-state index is -1.05.